The molecule has 0 aliphatic heterocycles. The van der Waals surface area contributed by atoms with Crippen LogP contribution in [0.2, 0.25) is 5.02 Å². The van der Waals surface area contributed by atoms with E-state index in [4.69, 9.17) is 33.3 Å². The van der Waals surface area contributed by atoms with Gasteiger partial charge in [0, 0.05) is 16.3 Å². The van der Waals surface area contributed by atoms with Crippen molar-refractivity contribution >= 4 is 35.4 Å². The maximum Gasteiger partial charge on any atom is 0.244 e. The standard InChI is InChI=1S/C24H21ClN4O3S/c1-2-31-19-11-13-21(14-12-19)32-20-9-7-18(8-10-20)26-22(30)15-29-23(27-28-24(29)33)16-3-5-17(25)6-4-16/h3-14H,2,15H2,1H3,(H,26,30)(H,28,33). The van der Waals surface area contributed by atoms with Crippen molar-refractivity contribution < 1.29 is 14.3 Å². The van der Waals surface area contributed by atoms with E-state index in [2.05, 4.69) is 15.5 Å². The summed E-state index contributed by atoms with van der Waals surface area (Å²) in [6.45, 7) is 2.56. The molecule has 0 atom stereocenters. The zero-order valence-corrected chi connectivity index (χ0v) is 19.3. The van der Waals surface area contributed by atoms with E-state index >= 15 is 0 Å². The molecule has 168 valence electrons. The number of amides is 1. The number of ether oxygens (including phenoxy) is 2. The van der Waals surface area contributed by atoms with E-state index in [9.17, 15) is 4.79 Å². The molecule has 0 spiro atoms. The predicted octanol–water partition coefficient (Wildman–Crippen LogP) is 6.09. The van der Waals surface area contributed by atoms with Crippen LogP contribution in [0.5, 0.6) is 17.2 Å². The molecule has 0 bridgehead atoms. The molecular formula is C24H21ClN4O3S. The van der Waals surface area contributed by atoms with Gasteiger partial charge in [0.05, 0.1) is 6.61 Å². The number of aromatic amines is 1. The fourth-order valence-corrected chi connectivity index (χ4v) is 3.46. The predicted molar refractivity (Wildman–Crippen MR) is 131 cm³/mol. The Hall–Kier alpha value is -3.62. The minimum absolute atomic E-state index is 0.0116. The third kappa shape index (κ3) is 5.79. The quantitative estimate of drug-likeness (QED) is 0.298. The van der Waals surface area contributed by atoms with Crippen molar-refractivity contribution in [1.29, 1.82) is 0 Å². The van der Waals surface area contributed by atoms with Gasteiger partial charge in [-0.25, -0.2) is 0 Å². The van der Waals surface area contributed by atoms with E-state index < -0.39 is 0 Å². The second-order valence-electron chi connectivity index (χ2n) is 7.02. The Morgan fingerprint density at radius 2 is 1.61 bits per heavy atom. The van der Waals surface area contributed by atoms with Crippen molar-refractivity contribution in [3.8, 4) is 28.6 Å². The monoisotopic (exact) mass is 480 g/mol. The number of anilines is 1. The fraction of sp³-hybridized carbons (Fsp3) is 0.125. The van der Waals surface area contributed by atoms with Gasteiger partial charge in [-0.3, -0.25) is 14.5 Å². The van der Waals surface area contributed by atoms with Gasteiger partial charge in [-0.05, 0) is 91.9 Å². The maximum absolute atomic E-state index is 12.6. The summed E-state index contributed by atoms with van der Waals surface area (Å²) in [4.78, 5) is 12.6. The second-order valence-corrected chi connectivity index (χ2v) is 7.85. The Labute approximate surface area is 200 Å². The first-order chi connectivity index (χ1) is 16.0. The molecule has 1 amide bonds. The second kappa shape index (κ2) is 10.3. The number of aromatic nitrogens is 3. The van der Waals surface area contributed by atoms with E-state index in [1.807, 2.05) is 43.3 Å². The Bertz CT molecular complexity index is 1280. The minimum Gasteiger partial charge on any atom is -0.494 e. The largest absolute Gasteiger partial charge is 0.494 e. The molecule has 9 heteroatoms. The Kier molecular flexibility index (Phi) is 7.07. The van der Waals surface area contributed by atoms with E-state index in [0.717, 1.165) is 11.3 Å². The molecule has 0 aliphatic carbocycles. The van der Waals surface area contributed by atoms with Gasteiger partial charge in [0.15, 0.2) is 10.6 Å². The zero-order chi connectivity index (χ0) is 23.2. The minimum atomic E-state index is -0.233. The molecular weight excluding hydrogens is 460 g/mol. The number of carbonyl (C=O) groups is 1. The van der Waals surface area contributed by atoms with Crippen LogP contribution < -0.4 is 14.8 Å². The van der Waals surface area contributed by atoms with Crippen LogP contribution in [-0.2, 0) is 11.3 Å². The van der Waals surface area contributed by atoms with Gasteiger partial charge in [0.25, 0.3) is 0 Å². The molecule has 4 aromatic rings. The van der Waals surface area contributed by atoms with Crippen LogP contribution >= 0.6 is 23.8 Å². The van der Waals surface area contributed by atoms with Crippen molar-refractivity contribution in [2.24, 2.45) is 0 Å². The van der Waals surface area contributed by atoms with Crippen LogP contribution in [0, 0.1) is 4.77 Å². The van der Waals surface area contributed by atoms with E-state index in [0.29, 0.717) is 39.4 Å². The van der Waals surface area contributed by atoms with Crippen LogP contribution in [0.4, 0.5) is 5.69 Å². The smallest absolute Gasteiger partial charge is 0.244 e. The SMILES string of the molecule is CCOc1ccc(Oc2ccc(NC(=O)Cn3c(-c4ccc(Cl)cc4)n[nH]c3=S)cc2)cc1. The molecule has 0 saturated heterocycles. The molecule has 1 heterocycles. The number of rotatable bonds is 8. The summed E-state index contributed by atoms with van der Waals surface area (Å²) in [6, 6.07) is 21.7. The van der Waals surface area contributed by atoms with Gasteiger partial charge in [-0.2, -0.15) is 5.10 Å². The van der Waals surface area contributed by atoms with Crippen LogP contribution in [0.15, 0.2) is 72.8 Å². The normalized spacial score (nSPS) is 10.6. The van der Waals surface area contributed by atoms with Crippen molar-refractivity contribution in [1.82, 2.24) is 14.8 Å². The molecule has 0 saturated carbocycles. The maximum atomic E-state index is 12.6. The highest BCUT2D eigenvalue weighted by atomic mass is 35.5. The number of hydrogen-bond acceptors (Lipinski definition) is 5. The van der Waals surface area contributed by atoms with Gasteiger partial charge in [0.2, 0.25) is 5.91 Å². The summed E-state index contributed by atoms with van der Waals surface area (Å²) in [7, 11) is 0. The molecule has 33 heavy (non-hydrogen) atoms. The number of nitrogens with one attached hydrogen (secondary N) is 2. The van der Waals surface area contributed by atoms with E-state index in [-0.39, 0.29) is 12.5 Å². The van der Waals surface area contributed by atoms with Crippen LogP contribution in [0.25, 0.3) is 11.4 Å². The topological polar surface area (TPSA) is 81.2 Å². The molecule has 0 unspecified atom stereocenters. The summed E-state index contributed by atoms with van der Waals surface area (Å²) in [6.07, 6.45) is 0. The average Bonchev–Trinajstić information content (AvgIpc) is 3.17. The zero-order valence-electron chi connectivity index (χ0n) is 17.7. The third-order valence-electron chi connectivity index (χ3n) is 4.67. The lowest BCUT2D eigenvalue weighted by Crippen LogP contribution is -2.19. The highest BCUT2D eigenvalue weighted by molar-refractivity contribution is 7.71. The van der Waals surface area contributed by atoms with Crippen molar-refractivity contribution in [2.45, 2.75) is 13.5 Å². The molecule has 0 radical (unpaired) electrons. The van der Waals surface area contributed by atoms with E-state index in [1.54, 1.807) is 41.0 Å². The summed E-state index contributed by atoms with van der Waals surface area (Å²) >= 11 is 11.3. The Morgan fingerprint density at radius 3 is 2.24 bits per heavy atom. The number of halogens is 1. The number of carbonyl (C=O) groups excluding carboxylic acids is 1. The van der Waals surface area contributed by atoms with E-state index in [1.165, 1.54) is 0 Å². The summed E-state index contributed by atoms with van der Waals surface area (Å²) in [5.74, 6) is 2.47. The van der Waals surface area contributed by atoms with Gasteiger partial charge in [-0.15, -0.1) is 0 Å². The highest BCUT2D eigenvalue weighted by Gasteiger charge is 2.13. The summed E-state index contributed by atoms with van der Waals surface area (Å²) in [5, 5.41) is 10.5. The molecule has 7 nitrogen and oxygen atoms in total. The summed E-state index contributed by atoms with van der Waals surface area (Å²) < 4.78 is 13.3. The van der Waals surface area contributed by atoms with Crippen molar-refractivity contribution in [3.05, 3.63) is 82.6 Å². The van der Waals surface area contributed by atoms with Crippen LogP contribution in [0.1, 0.15) is 6.92 Å². The Balaban J connectivity index is 1.39. The number of nitrogens with zero attached hydrogens (tertiary/aromatic N) is 2. The first kappa shape index (κ1) is 22.6. The highest BCUT2D eigenvalue weighted by Crippen LogP contribution is 2.25. The number of hydrogen-bond donors (Lipinski definition) is 2. The van der Waals surface area contributed by atoms with Crippen molar-refractivity contribution in [3.63, 3.8) is 0 Å². The number of benzene rings is 3. The Morgan fingerprint density at radius 1 is 1.00 bits per heavy atom. The molecule has 1 aromatic heterocycles. The summed E-state index contributed by atoms with van der Waals surface area (Å²) in [5.41, 5.74) is 1.44. The molecule has 0 aliphatic rings. The molecule has 2 N–H and O–H groups in total. The molecule has 0 fully saturated rings. The van der Waals surface area contributed by atoms with Gasteiger partial charge in [0.1, 0.15) is 23.8 Å². The van der Waals surface area contributed by atoms with Gasteiger partial charge >= 0.3 is 0 Å². The van der Waals surface area contributed by atoms with Gasteiger partial charge < -0.3 is 14.8 Å². The lowest BCUT2D eigenvalue weighted by molar-refractivity contribution is -0.116. The fourth-order valence-electron chi connectivity index (χ4n) is 3.14. The first-order valence-corrected chi connectivity index (χ1v) is 11.0. The molecule has 4 rings (SSSR count). The molecule has 3 aromatic carbocycles. The average molecular weight is 481 g/mol. The van der Waals surface area contributed by atoms with Gasteiger partial charge in [-0.1, -0.05) is 11.6 Å². The lowest BCUT2D eigenvalue weighted by Gasteiger charge is -2.10. The van der Waals surface area contributed by atoms with Crippen LogP contribution in [0.3, 0.4) is 0 Å². The van der Waals surface area contributed by atoms with Crippen molar-refractivity contribution in [2.75, 3.05) is 11.9 Å². The number of H-pyrrole nitrogens is 1. The lowest BCUT2D eigenvalue weighted by atomic mass is 10.2. The first-order valence-electron chi connectivity index (χ1n) is 10.2. The third-order valence-corrected chi connectivity index (χ3v) is 5.23. The van der Waals surface area contributed by atoms with Crippen LogP contribution in [-0.4, -0.2) is 27.3 Å².